The number of carbonyl (C=O) groups excluding carboxylic acids is 3. The molecule has 0 fully saturated rings. The lowest BCUT2D eigenvalue weighted by Gasteiger charge is -2.18. The first-order chi connectivity index (χ1) is 39.0. The maximum absolute atomic E-state index is 12.9. The molecule has 0 aliphatic heterocycles. The molecule has 0 aromatic heterocycles. The highest BCUT2D eigenvalue weighted by molar-refractivity contribution is 5.71. The molecule has 1 unspecified atom stereocenters. The predicted molar refractivity (Wildman–Crippen MR) is 344 cm³/mol. The second-order valence-electron chi connectivity index (χ2n) is 23.1. The lowest BCUT2D eigenvalue weighted by Crippen LogP contribution is -2.30. The molecule has 6 heteroatoms. The van der Waals surface area contributed by atoms with Crippen molar-refractivity contribution in [3.8, 4) is 0 Å². The van der Waals surface area contributed by atoms with Crippen molar-refractivity contribution in [1.29, 1.82) is 0 Å². The van der Waals surface area contributed by atoms with Crippen LogP contribution < -0.4 is 0 Å². The minimum atomic E-state index is -0.780. The third-order valence-electron chi connectivity index (χ3n) is 15.2. The van der Waals surface area contributed by atoms with Crippen molar-refractivity contribution in [1.82, 2.24) is 0 Å². The van der Waals surface area contributed by atoms with Crippen LogP contribution in [0.4, 0.5) is 0 Å². The average Bonchev–Trinajstić information content (AvgIpc) is 3.45. The van der Waals surface area contributed by atoms with Gasteiger partial charge in [-0.3, -0.25) is 14.4 Å². The molecule has 0 amide bonds. The lowest BCUT2D eigenvalue weighted by molar-refractivity contribution is -0.167. The molecular weight excluding hydrogens is 973 g/mol. The summed E-state index contributed by atoms with van der Waals surface area (Å²) in [5.74, 6) is -0.864. The number of allylic oxidation sites excluding steroid dienone is 12. The van der Waals surface area contributed by atoms with Crippen molar-refractivity contribution in [3.63, 3.8) is 0 Å². The molecule has 0 aliphatic rings. The van der Waals surface area contributed by atoms with Gasteiger partial charge in [0.15, 0.2) is 6.10 Å². The summed E-state index contributed by atoms with van der Waals surface area (Å²) in [6, 6.07) is 0. The number of hydrogen-bond donors (Lipinski definition) is 0. The Morgan fingerprint density at radius 2 is 0.494 bits per heavy atom. The van der Waals surface area contributed by atoms with Gasteiger partial charge in [0.1, 0.15) is 13.2 Å². The second-order valence-corrected chi connectivity index (χ2v) is 23.1. The van der Waals surface area contributed by atoms with Crippen molar-refractivity contribution < 1.29 is 28.6 Å². The zero-order chi connectivity index (χ0) is 57.1. The number of carbonyl (C=O) groups is 3. The van der Waals surface area contributed by atoms with Gasteiger partial charge in [-0.25, -0.2) is 0 Å². The van der Waals surface area contributed by atoms with E-state index in [0.717, 1.165) is 96.3 Å². The first-order valence-electron chi connectivity index (χ1n) is 34.4. The van der Waals surface area contributed by atoms with E-state index in [1.54, 1.807) is 0 Å². The van der Waals surface area contributed by atoms with Gasteiger partial charge in [-0.05, 0) is 89.9 Å². The smallest absolute Gasteiger partial charge is 0.306 e. The summed E-state index contributed by atoms with van der Waals surface area (Å²) < 4.78 is 17.0. The summed E-state index contributed by atoms with van der Waals surface area (Å²) in [4.78, 5) is 38.4. The topological polar surface area (TPSA) is 78.9 Å². The second kappa shape index (κ2) is 67.4. The number of rotatable bonds is 63. The van der Waals surface area contributed by atoms with Gasteiger partial charge in [0.2, 0.25) is 0 Å². The third-order valence-corrected chi connectivity index (χ3v) is 15.2. The average molecular weight is 1100 g/mol. The molecule has 0 bridgehead atoms. The van der Waals surface area contributed by atoms with Crippen LogP contribution in [0.3, 0.4) is 0 Å². The van der Waals surface area contributed by atoms with E-state index in [1.165, 1.54) is 218 Å². The standard InChI is InChI=1S/C73H130O6/c1-4-7-10-13-16-19-22-25-28-31-34-35-36-37-38-39-40-43-45-48-51-54-57-60-63-66-72(75)78-69-70(79-73(76)67-64-61-58-55-52-49-46-42-33-30-27-24-21-18-15-12-9-6-3)68-77-71(74)65-62-59-56-53-50-47-44-41-32-29-26-23-20-17-14-11-8-5-2/h7,10,16,19,25,28,30,33-35,37-38,70H,4-6,8-9,11-15,17-18,20-24,26-27,29,31-32,36,39-69H2,1-3H3/b10-7-,19-16-,28-25-,33-30-,35-34-,38-37-. The van der Waals surface area contributed by atoms with Gasteiger partial charge in [0, 0.05) is 19.3 Å². The molecule has 0 N–H and O–H groups in total. The Balaban J connectivity index is 4.34. The van der Waals surface area contributed by atoms with Crippen LogP contribution in [0.15, 0.2) is 72.9 Å². The highest BCUT2D eigenvalue weighted by atomic mass is 16.6. The number of ether oxygens (including phenoxy) is 3. The van der Waals surface area contributed by atoms with Gasteiger partial charge in [0.05, 0.1) is 0 Å². The summed E-state index contributed by atoms with van der Waals surface area (Å²) >= 11 is 0. The molecule has 0 heterocycles. The van der Waals surface area contributed by atoms with Crippen molar-refractivity contribution >= 4 is 17.9 Å². The molecule has 0 rings (SSSR count). The fourth-order valence-corrected chi connectivity index (χ4v) is 10.1. The zero-order valence-corrected chi connectivity index (χ0v) is 52.6. The molecule has 0 saturated carbocycles. The predicted octanol–water partition coefficient (Wildman–Crippen LogP) is 23.7. The fraction of sp³-hybridized carbons (Fsp3) is 0.795. The first kappa shape index (κ1) is 75.8. The molecule has 0 spiro atoms. The molecule has 0 saturated heterocycles. The molecular formula is C73H130O6. The maximum Gasteiger partial charge on any atom is 0.306 e. The summed E-state index contributed by atoms with van der Waals surface area (Å²) in [6.45, 7) is 6.57. The first-order valence-corrected chi connectivity index (χ1v) is 34.4. The molecule has 79 heavy (non-hydrogen) atoms. The molecule has 0 radical (unpaired) electrons. The van der Waals surface area contributed by atoms with Crippen LogP contribution in [-0.2, 0) is 28.6 Å². The Labute approximate surface area is 491 Å². The number of hydrogen-bond acceptors (Lipinski definition) is 6. The highest BCUT2D eigenvalue weighted by Gasteiger charge is 2.19. The summed E-state index contributed by atoms with van der Waals surface area (Å²) in [7, 11) is 0. The Morgan fingerprint density at radius 1 is 0.266 bits per heavy atom. The largest absolute Gasteiger partial charge is 0.462 e. The van der Waals surface area contributed by atoms with Gasteiger partial charge in [-0.15, -0.1) is 0 Å². The third kappa shape index (κ3) is 65.5. The van der Waals surface area contributed by atoms with E-state index < -0.39 is 6.10 Å². The Bertz CT molecular complexity index is 1450. The molecule has 1 atom stereocenters. The van der Waals surface area contributed by atoms with E-state index in [1.807, 2.05) is 0 Å². The van der Waals surface area contributed by atoms with Crippen LogP contribution in [-0.4, -0.2) is 37.2 Å². The summed E-state index contributed by atoms with van der Waals surface area (Å²) in [6.07, 6.45) is 87.7. The van der Waals surface area contributed by atoms with E-state index >= 15 is 0 Å². The van der Waals surface area contributed by atoms with Crippen LogP contribution >= 0.6 is 0 Å². The molecule has 0 aromatic carbocycles. The van der Waals surface area contributed by atoms with Crippen LogP contribution in [0.2, 0.25) is 0 Å². The van der Waals surface area contributed by atoms with Gasteiger partial charge in [-0.1, -0.05) is 318 Å². The van der Waals surface area contributed by atoms with E-state index in [-0.39, 0.29) is 31.1 Å². The van der Waals surface area contributed by atoms with E-state index in [9.17, 15) is 14.4 Å². The number of esters is 3. The van der Waals surface area contributed by atoms with Crippen molar-refractivity contribution in [2.75, 3.05) is 13.2 Å². The quantitative estimate of drug-likeness (QED) is 0.0261. The van der Waals surface area contributed by atoms with Crippen molar-refractivity contribution in [2.45, 2.75) is 361 Å². The molecule has 6 nitrogen and oxygen atoms in total. The van der Waals surface area contributed by atoms with Gasteiger partial charge in [-0.2, -0.15) is 0 Å². The summed E-state index contributed by atoms with van der Waals surface area (Å²) in [5, 5.41) is 0. The van der Waals surface area contributed by atoms with E-state index in [4.69, 9.17) is 14.2 Å². The zero-order valence-electron chi connectivity index (χ0n) is 52.6. The fourth-order valence-electron chi connectivity index (χ4n) is 10.1. The molecule has 0 aliphatic carbocycles. The minimum Gasteiger partial charge on any atom is -0.462 e. The monoisotopic (exact) mass is 1100 g/mol. The van der Waals surface area contributed by atoms with Crippen LogP contribution in [0.25, 0.3) is 0 Å². The van der Waals surface area contributed by atoms with E-state index in [2.05, 4.69) is 93.7 Å². The minimum absolute atomic E-state index is 0.0748. The van der Waals surface area contributed by atoms with Crippen LogP contribution in [0.5, 0.6) is 0 Å². The summed E-state index contributed by atoms with van der Waals surface area (Å²) in [5.41, 5.74) is 0. The highest BCUT2D eigenvalue weighted by Crippen LogP contribution is 2.17. The molecule has 0 aromatic rings. The molecule has 458 valence electrons. The SMILES string of the molecule is CC/C=C\C/C=C\C/C=C\C/C=C\C/C=C\CCCCCCCCCCCC(=O)OCC(COC(=O)CCCCCCCCCCCCCCCCCCCC)OC(=O)CCCCCCCCC/C=C\CCCCCCCCC. The Morgan fingerprint density at radius 3 is 0.785 bits per heavy atom. The van der Waals surface area contributed by atoms with E-state index in [0.29, 0.717) is 19.3 Å². The van der Waals surface area contributed by atoms with Crippen molar-refractivity contribution in [2.24, 2.45) is 0 Å². The Kier molecular flexibility index (Phi) is 64.7. The maximum atomic E-state index is 12.9. The van der Waals surface area contributed by atoms with Crippen molar-refractivity contribution in [3.05, 3.63) is 72.9 Å². The lowest BCUT2D eigenvalue weighted by atomic mass is 10.0. The van der Waals surface area contributed by atoms with Gasteiger partial charge < -0.3 is 14.2 Å². The normalized spacial score (nSPS) is 12.5. The van der Waals surface area contributed by atoms with Crippen LogP contribution in [0, 0.1) is 0 Å². The van der Waals surface area contributed by atoms with Gasteiger partial charge >= 0.3 is 17.9 Å². The van der Waals surface area contributed by atoms with Crippen LogP contribution in [0.1, 0.15) is 355 Å². The number of unbranched alkanes of at least 4 members (excludes halogenated alkanes) is 40. The van der Waals surface area contributed by atoms with Gasteiger partial charge in [0.25, 0.3) is 0 Å². The Hall–Kier alpha value is -3.15.